The Hall–Kier alpha value is -2.03. The quantitative estimate of drug-likeness (QED) is 0.533. The van der Waals surface area contributed by atoms with Gasteiger partial charge >= 0.3 is 10.7 Å². The van der Waals surface area contributed by atoms with Gasteiger partial charge in [-0.3, -0.25) is 0 Å². The molecule has 0 unspecified atom stereocenters. The summed E-state index contributed by atoms with van der Waals surface area (Å²) in [4.78, 5) is 17.9. The van der Waals surface area contributed by atoms with Gasteiger partial charge in [-0.1, -0.05) is 23.7 Å². The van der Waals surface area contributed by atoms with Crippen LogP contribution in [0.25, 0.3) is 11.1 Å². The summed E-state index contributed by atoms with van der Waals surface area (Å²) in [7, 11) is 3.30. The first-order valence-corrected chi connectivity index (χ1v) is 9.95. The molecule has 1 aliphatic heterocycles. The second-order valence-electron chi connectivity index (χ2n) is 5.79. The molecule has 0 bridgehead atoms. The highest BCUT2D eigenvalue weighted by Crippen LogP contribution is 2.37. The Morgan fingerprint density at radius 2 is 2.12 bits per heavy atom. The average Bonchev–Trinajstić information content (AvgIpc) is 3.27. The molecule has 0 amide bonds. The van der Waals surface area contributed by atoms with Crippen LogP contribution in [0.15, 0.2) is 40.4 Å². The number of aromatic nitrogens is 3. The number of thiazole rings is 1. The van der Waals surface area contributed by atoms with Gasteiger partial charge in [0.25, 0.3) is 5.88 Å². The third kappa shape index (κ3) is 2.69. The summed E-state index contributed by atoms with van der Waals surface area (Å²) in [6, 6.07) is 6.94. The van der Waals surface area contributed by atoms with Crippen molar-refractivity contribution in [1.82, 2.24) is 9.55 Å². The number of ether oxygens (including phenoxy) is 1. The zero-order chi connectivity index (χ0) is 18.4. The average molecular weight is 409 g/mol. The number of halogens is 1. The highest BCUT2D eigenvalue weighted by atomic mass is 35.5. The molecule has 1 N–H and O–H groups in total. The van der Waals surface area contributed by atoms with Gasteiger partial charge in [0, 0.05) is 6.20 Å². The topological polar surface area (TPSA) is 68.2 Å². The first-order chi connectivity index (χ1) is 12.5. The molecule has 1 aliphatic rings. The van der Waals surface area contributed by atoms with Crippen molar-refractivity contribution in [3.63, 3.8) is 0 Å². The summed E-state index contributed by atoms with van der Waals surface area (Å²) in [6.45, 7) is 0. The largest absolute Gasteiger partial charge is 0.497 e. The number of hydrogen-bond acceptors (Lipinski definition) is 6. The van der Waals surface area contributed by atoms with Crippen molar-refractivity contribution < 1.29 is 14.4 Å². The van der Waals surface area contributed by atoms with Gasteiger partial charge in [0.1, 0.15) is 5.75 Å². The molecule has 0 spiro atoms. The summed E-state index contributed by atoms with van der Waals surface area (Å²) in [6.07, 6.45) is 1.72. The molecular weight excluding hydrogens is 394 g/mol. The van der Waals surface area contributed by atoms with Crippen LogP contribution in [0.5, 0.6) is 11.6 Å². The lowest BCUT2D eigenvalue weighted by Crippen LogP contribution is -2.44. The summed E-state index contributed by atoms with van der Waals surface area (Å²) in [5.74, 6) is 1.34. The number of hydrogen-bond donors (Lipinski definition) is 1. The van der Waals surface area contributed by atoms with Crippen molar-refractivity contribution in [2.75, 3.05) is 12.9 Å². The van der Waals surface area contributed by atoms with Gasteiger partial charge in [0.15, 0.2) is 16.1 Å². The molecule has 3 heterocycles. The van der Waals surface area contributed by atoms with Crippen molar-refractivity contribution in [3.05, 3.63) is 50.2 Å². The monoisotopic (exact) mass is 408 g/mol. The van der Waals surface area contributed by atoms with E-state index in [4.69, 9.17) is 16.3 Å². The van der Waals surface area contributed by atoms with Crippen molar-refractivity contribution in [3.8, 4) is 22.8 Å². The highest BCUT2D eigenvalue weighted by Gasteiger charge is 2.39. The van der Waals surface area contributed by atoms with E-state index in [1.807, 2.05) is 0 Å². The van der Waals surface area contributed by atoms with Crippen molar-refractivity contribution >= 4 is 34.7 Å². The Morgan fingerprint density at radius 3 is 2.73 bits per heavy atom. The van der Waals surface area contributed by atoms with E-state index in [1.165, 1.54) is 23.1 Å². The predicted octanol–water partition coefficient (Wildman–Crippen LogP) is 2.86. The van der Waals surface area contributed by atoms with Crippen LogP contribution >= 0.6 is 34.7 Å². The third-order valence-electron chi connectivity index (χ3n) is 4.35. The van der Waals surface area contributed by atoms with E-state index in [-0.39, 0.29) is 23.0 Å². The van der Waals surface area contributed by atoms with Crippen LogP contribution in [-0.4, -0.2) is 27.5 Å². The van der Waals surface area contributed by atoms with Gasteiger partial charge < -0.3 is 9.84 Å². The first-order valence-electron chi connectivity index (χ1n) is 7.77. The minimum Gasteiger partial charge on any atom is -0.497 e. The van der Waals surface area contributed by atoms with Crippen LogP contribution in [0.4, 0.5) is 0 Å². The molecule has 1 aromatic carbocycles. The fraction of sp³-hybridized carbons (Fsp3) is 0.235. The van der Waals surface area contributed by atoms with Crippen molar-refractivity contribution in [2.24, 2.45) is 7.05 Å². The molecule has 4 rings (SSSR count). The van der Waals surface area contributed by atoms with Crippen LogP contribution in [0.2, 0.25) is 4.47 Å². The van der Waals surface area contributed by atoms with Crippen LogP contribution in [0, 0.1) is 0 Å². The van der Waals surface area contributed by atoms with E-state index in [1.54, 1.807) is 53.8 Å². The number of methoxy groups -OCH3 is 1. The van der Waals surface area contributed by atoms with E-state index in [9.17, 15) is 9.90 Å². The van der Waals surface area contributed by atoms with Gasteiger partial charge in [-0.15, -0.1) is 11.3 Å². The minimum absolute atomic E-state index is 0.0483. The predicted molar refractivity (Wildman–Crippen MR) is 102 cm³/mol. The molecule has 0 saturated heterocycles. The molecule has 3 aromatic rings. The maximum absolute atomic E-state index is 12.9. The molecule has 134 valence electrons. The van der Waals surface area contributed by atoms with E-state index < -0.39 is 0 Å². The maximum Gasteiger partial charge on any atom is 0.349 e. The summed E-state index contributed by atoms with van der Waals surface area (Å²) >= 11 is 8.89. The van der Waals surface area contributed by atoms with Gasteiger partial charge in [0.05, 0.1) is 24.8 Å². The Bertz CT molecular complexity index is 1050. The Morgan fingerprint density at radius 1 is 1.38 bits per heavy atom. The van der Waals surface area contributed by atoms with Crippen molar-refractivity contribution in [2.45, 2.75) is 11.2 Å². The lowest BCUT2D eigenvalue weighted by Gasteiger charge is -2.12. The lowest BCUT2D eigenvalue weighted by molar-refractivity contribution is -0.748. The molecule has 26 heavy (non-hydrogen) atoms. The van der Waals surface area contributed by atoms with Crippen LogP contribution in [-0.2, 0) is 7.05 Å². The van der Waals surface area contributed by atoms with Crippen molar-refractivity contribution in [1.29, 1.82) is 0 Å². The van der Waals surface area contributed by atoms with Gasteiger partial charge in [-0.05, 0) is 29.5 Å². The molecular formula is C17H15ClN3O3S2+. The van der Waals surface area contributed by atoms with E-state index in [0.717, 1.165) is 4.88 Å². The molecule has 9 heteroatoms. The van der Waals surface area contributed by atoms with Crippen LogP contribution in [0.3, 0.4) is 0 Å². The number of aromatic hydroxyl groups is 1. The van der Waals surface area contributed by atoms with Crippen LogP contribution in [0.1, 0.15) is 10.9 Å². The fourth-order valence-corrected chi connectivity index (χ4v) is 5.45. The summed E-state index contributed by atoms with van der Waals surface area (Å²) in [5.41, 5.74) is 0.661. The highest BCUT2D eigenvalue weighted by molar-refractivity contribution is 7.99. The van der Waals surface area contributed by atoms with Gasteiger partial charge in [-0.2, -0.15) is 9.13 Å². The second-order valence-corrected chi connectivity index (χ2v) is 8.42. The number of fused-ring (bicyclic) bond motifs is 1. The molecule has 0 saturated carbocycles. The Balaban J connectivity index is 1.92. The molecule has 0 aliphatic carbocycles. The standard InChI is InChI=1S/C17H14ClN3O3S2/c1-20-14(22)13(9-3-5-10(24-2)6-4-9)15(23)21-11(8-25-17(20)21)12-7-19-16(18)26-12/h3-7,11H,8H2,1-2H3/p+1/t11-/m1/s1. The van der Waals surface area contributed by atoms with Crippen LogP contribution < -0.4 is 14.9 Å². The summed E-state index contributed by atoms with van der Waals surface area (Å²) < 4.78 is 8.99. The van der Waals surface area contributed by atoms with E-state index >= 15 is 0 Å². The Kier molecular flexibility index (Phi) is 4.42. The smallest absolute Gasteiger partial charge is 0.349 e. The first kappa shape index (κ1) is 17.4. The fourth-order valence-electron chi connectivity index (χ4n) is 3.04. The zero-order valence-electron chi connectivity index (χ0n) is 14.0. The molecule has 1 atom stereocenters. The zero-order valence-corrected chi connectivity index (χ0v) is 16.4. The number of rotatable bonds is 3. The normalized spacial score (nSPS) is 15.9. The number of nitrogens with zero attached hydrogens (tertiary/aromatic N) is 3. The SMILES string of the molecule is COc1ccc(-c2c(O)[n+]3c(n(C)c2=O)SC[C@@H]3c2cnc(Cl)s2)cc1. The second kappa shape index (κ2) is 6.61. The van der Waals surface area contributed by atoms with Gasteiger partial charge in [-0.25, -0.2) is 9.78 Å². The maximum atomic E-state index is 12.9. The molecule has 0 fully saturated rings. The number of benzene rings is 1. The van der Waals surface area contributed by atoms with E-state index in [2.05, 4.69) is 4.98 Å². The summed E-state index contributed by atoms with van der Waals surface area (Å²) in [5, 5.41) is 11.7. The molecule has 6 nitrogen and oxygen atoms in total. The third-order valence-corrected chi connectivity index (χ3v) is 6.78. The van der Waals surface area contributed by atoms with E-state index in [0.29, 0.717) is 26.7 Å². The number of thioether (sulfide) groups is 1. The minimum atomic E-state index is -0.241. The molecule has 0 radical (unpaired) electrons. The Labute approximate surface area is 162 Å². The lowest BCUT2D eigenvalue weighted by atomic mass is 10.1. The molecule has 2 aromatic heterocycles. The van der Waals surface area contributed by atoms with Gasteiger partial charge in [0.2, 0.25) is 0 Å².